The van der Waals surface area contributed by atoms with Crippen LogP contribution in [-0.4, -0.2) is 65.4 Å². The minimum atomic E-state index is -5.18. The van der Waals surface area contributed by atoms with E-state index in [1.165, 1.54) is 18.3 Å². The lowest BCUT2D eigenvalue weighted by Crippen LogP contribution is -2.51. The normalized spacial score (nSPS) is 20.7. The number of carbonyl (C=O) groups excluding carboxylic acids is 1. The maximum atomic E-state index is 16.5. The molecule has 3 saturated heterocycles. The fourth-order valence-corrected chi connectivity index (χ4v) is 5.79. The molecule has 2 bridgehead atoms. The number of alkyl halides is 3. The lowest BCUT2D eigenvalue weighted by Gasteiger charge is -2.36. The number of ether oxygens (including phenoxy) is 1. The van der Waals surface area contributed by atoms with Gasteiger partial charge in [-0.25, -0.2) is 14.2 Å². The Labute approximate surface area is 226 Å². The summed E-state index contributed by atoms with van der Waals surface area (Å²) in [6, 6.07) is 9.95. The third-order valence-corrected chi connectivity index (χ3v) is 7.84. The van der Waals surface area contributed by atoms with Gasteiger partial charge in [0, 0.05) is 50.0 Å². The van der Waals surface area contributed by atoms with Gasteiger partial charge >= 0.3 is 12.1 Å². The van der Waals surface area contributed by atoms with E-state index in [4.69, 9.17) is 4.98 Å². The summed E-state index contributed by atoms with van der Waals surface area (Å²) in [5.74, 6) is -2.37. The number of benzene rings is 2. The highest BCUT2D eigenvalue weighted by molar-refractivity contribution is 6.00. The summed E-state index contributed by atoms with van der Waals surface area (Å²) in [5, 5.41) is 5.06. The Morgan fingerprint density at radius 1 is 1.00 bits per heavy atom. The number of pyridine rings is 1. The number of piperazine rings is 1. The van der Waals surface area contributed by atoms with E-state index < -0.39 is 18.0 Å². The van der Waals surface area contributed by atoms with Gasteiger partial charge in [-0.15, -0.1) is 0 Å². The van der Waals surface area contributed by atoms with Crippen molar-refractivity contribution in [2.75, 3.05) is 36.0 Å². The molecule has 7 rings (SSSR count). The number of hydrogen-bond donors (Lipinski definition) is 1. The standard InChI is InChI=1S/C28H24F4N6O2/c29-22-23(20-11-18(40-26(39)28(30,31)32)10-15-4-1-2-5-19(15)20)33-12-21-24(22)35-27(37-8-3-9-37)36-25(21)38-13-16-6-7-17(14-38)34-16/h1-2,4-5,10-12,16-17,34H,3,6-9,13-14H2/t16-,17+. The van der Waals surface area contributed by atoms with Crippen molar-refractivity contribution in [3.05, 3.63) is 48.4 Å². The molecule has 4 aromatic rings. The predicted octanol–water partition coefficient (Wildman–Crippen LogP) is 4.60. The molecule has 2 aromatic carbocycles. The van der Waals surface area contributed by atoms with Crippen molar-refractivity contribution >= 4 is 39.4 Å². The zero-order valence-electron chi connectivity index (χ0n) is 21.2. The first-order valence-electron chi connectivity index (χ1n) is 13.2. The summed E-state index contributed by atoms with van der Waals surface area (Å²) in [5.41, 5.74) is 0.172. The third kappa shape index (κ3) is 4.26. The number of fused-ring (bicyclic) bond motifs is 4. The van der Waals surface area contributed by atoms with Crippen molar-refractivity contribution in [2.24, 2.45) is 0 Å². The summed E-state index contributed by atoms with van der Waals surface area (Å²) in [6.07, 6.45) is -0.517. The van der Waals surface area contributed by atoms with Gasteiger partial charge in [0.05, 0.1) is 5.39 Å². The number of nitrogens with zero attached hydrogens (tertiary/aromatic N) is 5. The Hall–Kier alpha value is -4.06. The van der Waals surface area contributed by atoms with E-state index >= 15 is 4.39 Å². The highest BCUT2D eigenvalue weighted by atomic mass is 19.4. The molecular formula is C28H24F4N6O2. The average Bonchev–Trinajstić information content (AvgIpc) is 3.24. The van der Waals surface area contributed by atoms with Crippen LogP contribution in [0.5, 0.6) is 5.75 Å². The van der Waals surface area contributed by atoms with Gasteiger partial charge in [0.1, 0.15) is 22.8 Å². The molecule has 5 heterocycles. The number of anilines is 2. The van der Waals surface area contributed by atoms with E-state index in [1.807, 2.05) is 4.90 Å². The molecule has 0 radical (unpaired) electrons. The lowest BCUT2D eigenvalue weighted by atomic mass is 10.00. The van der Waals surface area contributed by atoms with Gasteiger partial charge in [0.25, 0.3) is 0 Å². The number of rotatable bonds is 4. The Morgan fingerprint density at radius 2 is 1.75 bits per heavy atom. The van der Waals surface area contributed by atoms with Crippen molar-refractivity contribution in [3.63, 3.8) is 0 Å². The number of nitrogens with one attached hydrogen (secondary N) is 1. The van der Waals surface area contributed by atoms with Crippen LogP contribution in [-0.2, 0) is 4.79 Å². The zero-order valence-corrected chi connectivity index (χ0v) is 21.2. The maximum absolute atomic E-state index is 16.5. The number of halogens is 4. The van der Waals surface area contributed by atoms with Crippen LogP contribution in [0.1, 0.15) is 19.3 Å². The van der Waals surface area contributed by atoms with Crippen LogP contribution in [0, 0.1) is 5.82 Å². The molecule has 2 aromatic heterocycles. The van der Waals surface area contributed by atoms with Crippen molar-refractivity contribution in [1.82, 2.24) is 20.3 Å². The molecule has 0 spiro atoms. The van der Waals surface area contributed by atoms with Crippen molar-refractivity contribution < 1.29 is 27.1 Å². The SMILES string of the molecule is O=C(Oc1cc(-c2ncc3c(N4C[C@H]5CC[C@@H](C4)N5)nc(N4CCC4)nc3c2F)c2ccccc2c1)C(F)(F)F. The molecule has 0 amide bonds. The van der Waals surface area contributed by atoms with Crippen LogP contribution >= 0.6 is 0 Å². The third-order valence-electron chi connectivity index (χ3n) is 7.84. The van der Waals surface area contributed by atoms with Crippen molar-refractivity contribution in [2.45, 2.75) is 37.5 Å². The molecule has 40 heavy (non-hydrogen) atoms. The van der Waals surface area contributed by atoms with E-state index in [2.05, 4.69) is 24.9 Å². The number of aromatic nitrogens is 3. The summed E-state index contributed by atoms with van der Waals surface area (Å²) in [6.45, 7) is 3.02. The molecule has 1 N–H and O–H groups in total. The van der Waals surface area contributed by atoms with Gasteiger partial charge in [-0.2, -0.15) is 18.2 Å². The Bertz CT molecular complexity index is 1650. The van der Waals surface area contributed by atoms with Crippen LogP contribution in [0.25, 0.3) is 32.9 Å². The fraction of sp³-hybridized carbons (Fsp3) is 0.357. The highest BCUT2D eigenvalue weighted by Crippen LogP contribution is 2.38. The van der Waals surface area contributed by atoms with Crippen LogP contribution in [0.15, 0.2) is 42.6 Å². The molecule has 8 nitrogen and oxygen atoms in total. The second kappa shape index (κ2) is 9.26. The van der Waals surface area contributed by atoms with E-state index in [-0.39, 0.29) is 22.5 Å². The highest BCUT2D eigenvalue weighted by Gasteiger charge is 2.41. The van der Waals surface area contributed by atoms with Gasteiger partial charge in [-0.3, -0.25) is 4.98 Å². The lowest BCUT2D eigenvalue weighted by molar-refractivity contribution is -0.189. The first-order chi connectivity index (χ1) is 19.2. The van der Waals surface area contributed by atoms with Crippen LogP contribution < -0.4 is 19.9 Å². The molecule has 0 saturated carbocycles. The largest absolute Gasteiger partial charge is 0.491 e. The summed E-state index contributed by atoms with van der Waals surface area (Å²) < 4.78 is 59.8. The topological polar surface area (TPSA) is 83.5 Å². The van der Waals surface area contributed by atoms with Gasteiger partial charge in [-0.1, -0.05) is 24.3 Å². The van der Waals surface area contributed by atoms with Gasteiger partial charge < -0.3 is 19.9 Å². The Balaban J connectivity index is 1.39. The van der Waals surface area contributed by atoms with Crippen molar-refractivity contribution in [1.29, 1.82) is 0 Å². The number of carbonyl (C=O) groups is 1. The fourth-order valence-electron chi connectivity index (χ4n) is 5.79. The molecule has 3 aliphatic heterocycles. The quantitative estimate of drug-likeness (QED) is 0.224. The first kappa shape index (κ1) is 24.9. The van der Waals surface area contributed by atoms with E-state index in [0.29, 0.717) is 40.0 Å². The second-order valence-corrected chi connectivity index (χ2v) is 10.5. The first-order valence-corrected chi connectivity index (χ1v) is 13.2. The molecule has 0 aliphatic carbocycles. The molecule has 3 fully saturated rings. The van der Waals surface area contributed by atoms with Gasteiger partial charge in [-0.05, 0) is 42.2 Å². The Morgan fingerprint density at radius 3 is 2.45 bits per heavy atom. The van der Waals surface area contributed by atoms with E-state index in [0.717, 1.165) is 45.4 Å². The molecule has 0 unspecified atom stereocenters. The predicted molar refractivity (Wildman–Crippen MR) is 141 cm³/mol. The van der Waals surface area contributed by atoms with Crippen LogP contribution in [0.2, 0.25) is 0 Å². The van der Waals surface area contributed by atoms with Crippen LogP contribution in [0.3, 0.4) is 0 Å². The zero-order chi connectivity index (χ0) is 27.6. The smallest absolute Gasteiger partial charge is 0.420 e. The monoisotopic (exact) mass is 552 g/mol. The maximum Gasteiger partial charge on any atom is 0.491 e. The van der Waals surface area contributed by atoms with Crippen LogP contribution in [0.4, 0.5) is 29.3 Å². The Kier molecular flexibility index (Phi) is 5.77. The molecule has 3 aliphatic rings. The minimum Gasteiger partial charge on any atom is -0.420 e. The number of hydrogen-bond acceptors (Lipinski definition) is 8. The molecule has 2 atom stereocenters. The molecule has 12 heteroatoms. The van der Waals surface area contributed by atoms with Gasteiger partial charge in [0.2, 0.25) is 5.95 Å². The van der Waals surface area contributed by atoms with E-state index in [1.54, 1.807) is 24.3 Å². The molecule has 206 valence electrons. The summed E-state index contributed by atoms with van der Waals surface area (Å²) in [7, 11) is 0. The molecular weight excluding hydrogens is 528 g/mol. The minimum absolute atomic E-state index is 0.0875. The average molecular weight is 553 g/mol. The number of esters is 1. The second-order valence-electron chi connectivity index (χ2n) is 10.5. The van der Waals surface area contributed by atoms with Gasteiger partial charge in [0.15, 0.2) is 5.82 Å². The van der Waals surface area contributed by atoms with E-state index in [9.17, 15) is 18.0 Å². The van der Waals surface area contributed by atoms with Crippen molar-refractivity contribution in [3.8, 4) is 17.0 Å². The summed E-state index contributed by atoms with van der Waals surface area (Å²) >= 11 is 0. The summed E-state index contributed by atoms with van der Waals surface area (Å²) in [4.78, 5) is 29.6.